The molecule has 3 N–H and O–H groups in total. The molecule has 36 heavy (non-hydrogen) atoms. The number of urea groups is 1. The molecular formula is C28H45ClN4O3. The van der Waals surface area contributed by atoms with E-state index in [4.69, 9.17) is 16.3 Å². The van der Waals surface area contributed by atoms with Gasteiger partial charge in [-0.15, -0.1) is 0 Å². The number of carbonyl (C=O) groups is 2. The lowest BCUT2D eigenvalue weighted by Gasteiger charge is -2.38. The molecule has 1 heterocycles. The monoisotopic (exact) mass is 520 g/mol. The van der Waals surface area contributed by atoms with Crippen molar-refractivity contribution in [1.82, 2.24) is 20.9 Å². The quantitative estimate of drug-likeness (QED) is 0.387. The molecule has 1 aromatic carbocycles. The van der Waals surface area contributed by atoms with Crippen molar-refractivity contribution in [2.45, 2.75) is 83.4 Å². The van der Waals surface area contributed by atoms with Crippen molar-refractivity contribution in [3.05, 3.63) is 34.9 Å². The Balaban J connectivity index is 1.65. The Morgan fingerprint density at radius 1 is 1.11 bits per heavy atom. The van der Waals surface area contributed by atoms with Crippen molar-refractivity contribution >= 4 is 23.5 Å². The van der Waals surface area contributed by atoms with Gasteiger partial charge in [-0.25, -0.2) is 4.79 Å². The van der Waals surface area contributed by atoms with E-state index in [0.29, 0.717) is 17.5 Å². The molecule has 0 unspecified atom stereocenters. The molecule has 3 rings (SSSR count). The van der Waals surface area contributed by atoms with Gasteiger partial charge in [-0.2, -0.15) is 0 Å². The number of halogens is 1. The fourth-order valence-electron chi connectivity index (χ4n) is 5.69. The zero-order chi connectivity index (χ0) is 25.9. The summed E-state index contributed by atoms with van der Waals surface area (Å²) >= 11 is 6.29. The maximum absolute atomic E-state index is 13.3. The summed E-state index contributed by atoms with van der Waals surface area (Å²) in [5, 5.41) is 10.1. The Kier molecular flexibility index (Phi) is 11.8. The van der Waals surface area contributed by atoms with Crippen molar-refractivity contribution in [3.63, 3.8) is 0 Å². The summed E-state index contributed by atoms with van der Waals surface area (Å²) in [7, 11) is 1.94. The van der Waals surface area contributed by atoms with Crippen molar-refractivity contribution in [2.75, 3.05) is 33.3 Å². The van der Waals surface area contributed by atoms with Crippen LogP contribution in [0.25, 0.3) is 0 Å². The fraction of sp³-hybridized carbons (Fsp3) is 0.714. The Labute approximate surface area is 222 Å². The summed E-state index contributed by atoms with van der Waals surface area (Å²) in [5.41, 5.74) is 0.942. The van der Waals surface area contributed by atoms with E-state index in [1.165, 1.54) is 32.1 Å². The summed E-state index contributed by atoms with van der Waals surface area (Å²) in [6, 6.07) is 7.82. The lowest BCUT2D eigenvalue weighted by atomic mass is 9.85. The first-order valence-corrected chi connectivity index (χ1v) is 14.1. The number of hydrogen-bond acceptors (Lipinski definition) is 4. The number of likely N-dealkylation sites (N-methyl/N-ethyl adjacent to an activating group) is 1. The first-order chi connectivity index (χ1) is 17.4. The van der Waals surface area contributed by atoms with Gasteiger partial charge in [-0.05, 0) is 63.8 Å². The van der Waals surface area contributed by atoms with Crippen LogP contribution in [0.4, 0.5) is 4.79 Å². The van der Waals surface area contributed by atoms with Crippen LogP contribution in [0, 0.1) is 11.8 Å². The standard InChI is InChI=1S/C28H45ClN4O3/c1-20(2)31-26(34)19-36-27(22-11-7-13-24(29)16-22)23-12-8-14-33(18-23)28(35)32-25(17-30-3)15-21-9-5-4-6-10-21/h7,11,13,16,20-21,23,25,27,30H,4-6,8-10,12,14-15,17-19H2,1-3H3,(H,31,34)(H,32,35)/t23-,25+,27-/m0/s1. The topological polar surface area (TPSA) is 82.7 Å². The Hall–Kier alpha value is -1.83. The molecule has 2 aliphatic rings. The zero-order valence-electron chi connectivity index (χ0n) is 22.2. The van der Waals surface area contributed by atoms with E-state index in [0.717, 1.165) is 37.9 Å². The molecule has 7 nitrogen and oxygen atoms in total. The highest BCUT2D eigenvalue weighted by atomic mass is 35.5. The van der Waals surface area contributed by atoms with E-state index in [-0.39, 0.29) is 42.7 Å². The second-order valence-corrected chi connectivity index (χ2v) is 11.2. The van der Waals surface area contributed by atoms with E-state index in [2.05, 4.69) is 16.0 Å². The summed E-state index contributed by atoms with van der Waals surface area (Å²) in [5.74, 6) is 0.639. The van der Waals surface area contributed by atoms with Crippen LogP contribution in [0.1, 0.15) is 76.9 Å². The van der Waals surface area contributed by atoms with Crippen LogP contribution in [0.5, 0.6) is 0 Å². The number of rotatable bonds is 11. The molecule has 0 radical (unpaired) electrons. The fourth-order valence-corrected chi connectivity index (χ4v) is 5.89. The second kappa shape index (κ2) is 14.8. The number of ether oxygens (including phenoxy) is 1. The average molecular weight is 521 g/mol. The number of carbonyl (C=O) groups excluding carboxylic acids is 2. The van der Waals surface area contributed by atoms with Crippen molar-refractivity contribution in [3.8, 4) is 0 Å². The van der Waals surface area contributed by atoms with Gasteiger partial charge < -0.3 is 25.6 Å². The minimum Gasteiger partial charge on any atom is -0.363 e. The summed E-state index contributed by atoms with van der Waals surface area (Å²) in [6.07, 6.45) is 9.03. The Morgan fingerprint density at radius 3 is 2.58 bits per heavy atom. The molecule has 0 aromatic heterocycles. The van der Waals surface area contributed by atoms with Crippen molar-refractivity contribution < 1.29 is 14.3 Å². The van der Waals surface area contributed by atoms with Gasteiger partial charge in [0.1, 0.15) is 6.61 Å². The van der Waals surface area contributed by atoms with Crippen LogP contribution in [-0.4, -0.2) is 62.2 Å². The van der Waals surface area contributed by atoms with E-state index < -0.39 is 0 Å². The molecule has 8 heteroatoms. The van der Waals surface area contributed by atoms with Gasteiger partial charge in [0, 0.05) is 42.7 Å². The summed E-state index contributed by atoms with van der Waals surface area (Å²) < 4.78 is 6.19. The molecule has 1 saturated heterocycles. The van der Waals surface area contributed by atoms with E-state index in [1.54, 1.807) is 0 Å². The maximum atomic E-state index is 13.3. The highest BCUT2D eigenvalue weighted by Gasteiger charge is 2.32. The predicted molar refractivity (Wildman–Crippen MR) is 145 cm³/mol. The van der Waals surface area contributed by atoms with E-state index >= 15 is 0 Å². The first kappa shape index (κ1) is 28.7. The number of benzene rings is 1. The normalized spacial score (nSPS) is 20.7. The molecule has 1 aromatic rings. The van der Waals surface area contributed by atoms with Crippen LogP contribution in [0.15, 0.2) is 24.3 Å². The molecule has 1 aliphatic heterocycles. The van der Waals surface area contributed by atoms with Gasteiger partial charge in [0.15, 0.2) is 0 Å². The van der Waals surface area contributed by atoms with E-state index in [1.807, 2.05) is 50.1 Å². The number of piperidine rings is 1. The Morgan fingerprint density at radius 2 is 1.89 bits per heavy atom. The van der Waals surface area contributed by atoms with Crippen LogP contribution in [-0.2, 0) is 9.53 Å². The van der Waals surface area contributed by atoms with Gasteiger partial charge in [-0.1, -0.05) is 55.8 Å². The van der Waals surface area contributed by atoms with Crippen LogP contribution in [0.2, 0.25) is 5.02 Å². The van der Waals surface area contributed by atoms with Gasteiger partial charge in [0.2, 0.25) is 5.91 Å². The number of nitrogens with one attached hydrogen (secondary N) is 3. The molecule has 3 atom stereocenters. The van der Waals surface area contributed by atoms with Crippen LogP contribution in [0.3, 0.4) is 0 Å². The van der Waals surface area contributed by atoms with Crippen molar-refractivity contribution in [1.29, 1.82) is 0 Å². The lowest BCUT2D eigenvalue weighted by molar-refractivity contribution is -0.130. The maximum Gasteiger partial charge on any atom is 0.317 e. The smallest absolute Gasteiger partial charge is 0.317 e. The van der Waals surface area contributed by atoms with E-state index in [9.17, 15) is 9.59 Å². The second-order valence-electron chi connectivity index (χ2n) is 10.8. The molecule has 3 amide bonds. The zero-order valence-corrected chi connectivity index (χ0v) is 23.0. The summed E-state index contributed by atoms with van der Waals surface area (Å²) in [4.78, 5) is 27.6. The SMILES string of the molecule is CNC[C@@H](CC1CCCCC1)NC(=O)N1CCC[C@H]([C@@H](OCC(=O)NC(C)C)c2cccc(Cl)c2)C1. The molecule has 1 aliphatic carbocycles. The van der Waals surface area contributed by atoms with Crippen LogP contribution >= 0.6 is 11.6 Å². The average Bonchev–Trinajstić information content (AvgIpc) is 2.85. The third-order valence-corrected chi connectivity index (χ3v) is 7.55. The van der Waals surface area contributed by atoms with Gasteiger partial charge in [0.25, 0.3) is 0 Å². The molecule has 2 fully saturated rings. The minimum atomic E-state index is -0.312. The minimum absolute atomic E-state index is 0.00171. The van der Waals surface area contributed by atoms with Crippen molar-refractivity contribution in [2.24, 2.45) is 11.8 Å². The number of nitrogens with zero attached hydrogens (tertiary/aromatic N) is 1. The first-order valence-electron chi connectivity index (χ1n) is 13.7. The van der Waals surface area contributed by atoms with Gasteiger partial charge in [-0.3, -0.25) is 4.79 Å². The Bertz CT molecular complexity index is 831. The summed E-state index contributed by atoms with van der Waals surface area (Å²) in [6.45, 7) is 5.93. The third-order valence-electron chi connectivity index (χ3n) is 7.31. The molecule has 0 bridgehead atoms. The number of amides is 3. The molecular weight excluding hydrogens is 476 g/mol. The lowest BCUT2D eigenvalue weighted by Crippen LogP contribution is -2.52. The van der Waals surface area contributed by atoms with Crippen LogP contribution < -0.4 is 16.0 Å². The molecule has 202 valence electrons. The number of hydrogen-bond donors (Lipinski definition) is 3. The highest BCUT2D eigenvalue weighted by molar-refractivity contribution is 6.30. The third kappa shape index (κ3) is 9.24. The highest BCUT2D eigenvalue weighted by Crippen LogP contribution is 2.34. The largest absolute Gasteiger partial charge is 0.363 e. The molecule has 1 saturated carbocycles. The number of likely N-dealkylation sites (tertiary alicyclic amines) is 1. The predicted octanol–water partition coefficient (Wildman–Crippen LogP) is 4.90. The van der Waals surface area contributed by atoms with Gasteiger partial charge >= 0.3 is 6.03 Å². The molecule has 0 spiro atoms. The van der Waals surface area contributed by atoms with Gasteiger partial charge in [0.05, 0.1) is 6.10 Å².